The average molecular weight is 330 g/mol. The van der Waals surface area contributed by atoms with Gasteiger partial charge in [0.15, 0.2) is 9.84 Å². The predicted molar refractivity (Wildman–Crippen MR) is 83.8 cm³/mol. The lowest BCUT2D eigenvalue weighted by Crippen LogP contribution is -2.44. The van der Waals surface area contributed by atoms with Gasteiger partial charge in [-0.1, -0.05) is 25.7 Å². The van der Waals surface area contributed by atoms with E-state index in [-0.39, 0.29) is 35.9 Å². The van der Waals surface area contributed by atoms with Gasteiger partial charge in [-0.2, -0.15) is 0 Å². The summed E-state index contributed by atoms with van der Waals surface area (Å²) >= 11 is 0. The largest absolute Gasteiger partial charge is 0.368 e. The first-order valence-electron chi connectivity index (χ1n) is 8.19. The number of sulfone groups is 1. The summed E-state index contributed by atoms with van der Waals surface area (Å²) < 4.78 is 24.5. The summed E-state index contributed by atoms with van der Waals surface area (Å²) in [5.74, 6) is -0.912. The zero-order chi connectivity index (χ0) is 16.2. The highest BCUT2D eigenvalue weighted by Gasteiger charge is 2.32. The first kappa shape index (κ1) is 17.2. The SMILES string of the molecule is NC(=O)CN(C(=O)CCS(=O)(=O)C1CCCC1)C1CCCC1. The zero-order valence-electron chi connectivity index (χ0n) is 13.0. The zero-order valence-corrected chi connectivity index (χ0v) is 13.8. The molecule has 0 saturated heterocycles. The van der Waals surface area contributed by atoms with Crippen LogP contribution in [0.1, 0.15) is 57.8 Å². The molecule has 22 heavy (non-hydrogen) atoms. The minimum atomic E-state index is -3.20. The second-order valence-electron chi connectivity index (χ2n) is 6.45. The quantitative estimate of drug-likeness (QED) is 0.752. The molecule has 126 valence electrons. The van der Waals surface area contributed by atoms with Crippen molar-refractivity contribution in [2.45, 2.75) is 69.1 Å². The minimum absolute atomic E-state index is 0.0363. The van der Waals surface area contributed by atoms with Crippen molar-refractivity contribution < 1.29 is 18.0 Å². The molecule has 0 aromatic carbocycles. The Morgan fingerprint density at radius 2 is 1.55 bits per heavy atom. The molecule has 2 fully saturated rings. The van der Waals surface area contributed by atoms with Crippen molar-refractivity contribution >= 4 is 21.7 Å². The van der Waals surface area contributed by atoms with Crippen molar-refractivity contribution in [2.24, 2.45) is 5.73 Å². The lowest BCUT2D eigenvalue weighted by Gasteiger charge is -2.28. The van der Waals surface area contributed by atoms with Gasteiger partial charge in [0, 0.05) is 12.5 Å². The van der Waals surface area contributed by atoms with Crippen molar-refractivity contribution in [3.63, 3.8) is 0 Å². The number of amides is 2. The summed E-state index contributed by atoms with van der Waals surface area (Å²) in [4.78, 5) is 25.1. The number of hydrogen-bond acceptors (Lipinski definition) is 4. The van der Waals surface area contributed by atoms with E-state index in [0.29, 0.717) is 12.8 Å². The number of carbonyl (C=O) groups excluding carboxylic acids is 2. The molecule has 0 atom stereocenters. The van der Waals surface area contributed by atoms with E-state index in [9.17, 15) is 18.0 Å². The number of nitrogens with two attached hydrogens (primary N) is 1. The van der Waals surface area contributed by atoms with Gasteiger partial charge in [-0.05, 0) is 25.7 Å². The van der Waals surface area contributed by atoms with Gasteiger partial charge in [-0.25, -0.2) is 8.42 Å². The third-order valence-corrected chi connectivity index (χ3v) is 7.08. The number of primary amides is 1. The van der Waals surface area contributed by atoms with Crippen LogP contribution in [-0.4, -0.2) is 48.7 Å². The van der Waals surface area contributed by atoms with Gasteiger partial charge in [-0.15, -0.1) is 0 Å². The van der Waals surface area contributed by atoms with Gasteiger partial charge < -0.3 is 10.6 Å². The average Bonchev–Trinajstić information content (AvgIpc) is 3.14. The topological polar surface area (TPSA) is 97.5 Å². The number of rotatable bonds is 7. The Hall–Kier alpha value is -1.11. The van der Waals surface area contributed by atoms with Gasteiger partial charge in [0.05, 0.1) is 17.5 Å². The van der Waals surface area contributed by atoms with Crippen LogP contribution in [0.15, 0.2) is 0 Å². The molecule has 2 amide bonds. The standard InChI is InChI=1S/C15H26N2O4S/c16-14(18)11-17(12-5-1-2-6-12)15(19)9-10-22(20,21)13-7-3-4-8-13/h12-13H,1-11H2,(H2,16,18). The Bertz CT molecular complexity index is 506. The molecule has 0 aromatic rings. The molecule has 7 heteroatoms. The predicted octanol–water partition coefficient (Wildman–Crippen LogP) is 0.990. The summed E-state index contributed by atoms with van der Waals surface area (Å²) in [5.41, 5.74) is 5.23. The van der Waals surface area contributed by atoms with E-state index in [1.165, 1.54) is 4.90 Å². The molecule has 0 spiro atoms. The van der Waals surface area contributed by atoms with Crippen LogP contribution in [0, 0.1) is 0 Å². The van der Waals surface area contributed by atoms with Crippen LogP contribution >= 0.6 is 0 Å². The highest BCUT2D eigenvalue weighted by Crippen LogP contribution is 2.27. The Morgan fingerprint density at radius 3 is 2.09 bits per heavy atom. The van der Waals surface area contributed by atoms with E-state index in [2.05, 4.69) is 0 Å². The van der Waals surface area contributed by atoms with E-state index in [4.69, 9.17) is 5.73 Å². The number of carbonyl (C=O) groups is 2. The molecular weight excluding hydrogens is 304 g/mol. The molecule has 0 aliphatic heterocycles. The second kappa shape index (κ2) is 7.44. The Morgan fingerprint density at radius 1 is 1.00 bits per heavy atom. The molecule has 2 saturated carbocycles. The van der Waals surface area contributed by atoms with Crippen LogP contribution in [0.3, 0.4) is 0 Å². The van der Waals surface area contributed by atoms with E-state index in [1.54, 1.807) is 0 Å². The fourth-order valence-corrected chi connectivity index (χ4v) is 5.44. The first-order chi connectivity index (χ1) is 10.4. The third-order valence-electron chi connectivity index (χ3n) is 4.82. The van der Waals surface area contributed by atoms with E-state index in [1.807, 2.05) is 0 Å². The number of nitrogens with zero attached hydrogens (tertiary/aromatic N) is 1. The van der Waals surface area contributed by atoms with Crippen molar-refractivity contribution in [2.75, 3.05) is 12.3 Å². The third kappa shape index (κ3) is 4.44. The lowest BCUT2D eigenvalue weighted by atomic mass is 10.2. The molecule has 2 rings (SSSR count). The van der Waals surface area contributed by atoms with Gasteiger partial charge in [0.2, 0.25) is 11.8 Å². The molecule has 0 bridgehead atoms. The number of hydrogen-bond donors (Lipinski definition) is 1. The summed E-state index contributed by atoms with van der Waals surface area (Å²) in [5, 5.41) is -0.281. The minimum Gasteiger partial charge on any atom is -0.368 e. The van der Waals surface area contributed by atoms with E-state index >= 15 is 0 Å². The van der Waals surface area contributed by atoms with Crippen molar-refractivity contribution in [3.8, 4) is 0 Å². The molecule has 0 aromatic heterocycles. The summed E-state index contributed by atoms with van der Waals surface area (Å²) in [6.45, 7) is -0.104. The highest BCUT2D eigenvalue weighted by molar-refractivity contribution is 7.92. The van der Waals surface area contributed by atoms with E-state index in [0.717, 1.165) is 38.5 Å². The maximum Gasteiger partial charge on any atom is 0.237 e. The fraction of sp³-hybridized carbons (Fsp3) is 0.867. The Kier molecular flexibility index (Phi) is 5.83. The maximum atomic E-state index is 12.4. The molecule has 2 aliphatic rings. The highest BCUT2D eigenvalue weighted by atomic mass is 32.2. The molecule has 0 unspecified atom stereocenters. The van der Waals surface area contributed by atoms with Crippen molar-refractivity contribution in [1.82, 2.24) is 4.90 Å². The van der Waals surface area contributed by atoms with Crippen molar-refractivity contribution in [1.29, 1.82) is 0 Å². The summed E-state index contributed by atoms with van der Waals surface area (Å²) in [6.07, 6.45) is 7.10. The summed E-state index contributed by atoms with van der Waals surface area (Å²) in [6, 6.07) is 0.0363. The first-order valence-corrected chi connectivity index (χ1v) is 9.91. The maximum absolute atomic E-state index is 12.4. The van der Waals surface area contributed by atoms with Gasteiger partial charge in [-0.3, -0.25) is 9.59 Å². The molecule has 0 radical (unpaired) electrons. The van der Waals surface area contributed by atoms with Crippen LogP contribution in [0.4, 0.5) is 0 Å². The van der Waals surface area contributed by atoms with Crippen LogP contribution in [-0.2, 0) is 19.4 Å². The lowest BCUT2D eigenvalue weighted by molar-refractivity contribution is -0.137. The van der Waals surface area contributed by atoms with Crippen LogP contribution in [0.5, 0.6) is 0 Å². The van der Waals surface area contributed by atoms with Gasteiger partial charge >= 0.3 is 0 Å². The van der Waals surface area contributed by atoms with Crippen LogP contribution in [0.2, 0.25) is 0 Å². The molecule has 2 N–H and O–H groups in total. The molecule has 6 nitrogen and oxygen atoms in total. The van der Waals surface area contributed by atoms with Crippen molar-refractivity contribution in [3.05, 3.63) is 0 Å². The second-order valence-corrected chi connectivity index (χ2v) is 8.85. The molecule has 2 aliphatic carbocycles. The smallest absolute Gasteiger partial charge is 0.237 e. The van der Waals surface area contributed by atoms with Gasteiger partial charge in [0.1, 0.15) is 0 Å². The summed E-state index contributed by atoms with van der Waals surface area (Å²) in [7, 11) is -3.20. The Balaban J connectivity index is 1.93. The van der Waals surface area contributed by atoms with Crippen LogP contribution < -0.4 is 5.73 Å². The molecule has 0 heterocycles. The van der Waals surface area contributed by atoms with Gasteiger partial charge in [0.25, 0.3) is 0 Å². The molecular formula is C15H26N2O4S. The van der Waals surface area contributed by atoms with E-state index < -0.39 is 15.7 Å². The monoisotopic (exact) mass is 330 g/mol. The Labute approximate surface area is 132 Å². The fourth-order valence-electron chi connectivity index (χ4n) is 3.59. The normalized spacial score (nSPS) is 20.4. The van der Waals surface area contributed by atoms with Crippen LogP contribution in [0.25, 0.3) is 0 Å².